The molecular weight excluding hydrogens is 338 g/mol. The molecule has 0 saturated carbocycles. The highest BCUT2D eigenvalue weighted by Crippen LogP contribution is 2.11. The Balaban J connectivity index is 2.45. The minimum absolute atomic E-state index is 0.0108. The second-order valence-corrected chi connectivity index (χ2v) is 7.28. The van der Waals surface area contributed by atoms with Crippen LogP contribution in [0.4, 0.5) is 4.79 Å². The lowest BCUT2D eigenvalue weighted by atomic mass is 10.1. The number of esters is 1. The number of para-hydroxylation sites is 1. The summed E-state index contributed by atoms with van der Waals surface area (Å²) in [5, 5.41) is 12.4. The van der Waals surface area contributed by atoms with Crippen molar-refractivity contribution < 1.29 is 28.9 Å². The summed E-state index contributed by atoms with van der Waals surface area (Å²) in [6, 6.07) is 8.15. The lowest BCUT2D eigenvalue weighted by Crippen LogP contribution is -2.47. The Bertz CT molecular complexity index is 567. The van der Waals surface area contributed by atoms with Crippen molar-refractivity contribution in [2.75, 3.05) is 13.2 Å². The van der Waals surface area contributed by atoms with Crippen LogP contribution in [0.15, 0.2) is 30.3 Å². The first-order valence-electron chi connectivity index (χ1n) is 8.60. The number of hydrogen-bond acceptors (Lipinski definition) is 6. The van der Waals surface area contributed by atoms with Crippen molar-refractivity contribution in [1.29, 1.82) is 0 Å². The van der Waals surface area contributed by atoms with Crippen LogP contribution in [-0.4, -0.2) is 48.1 Å². The number of amides is 1. The quantitative estimate of drug-likeness (QED) is 0.686. The van der Waals surface area contributed by atoms with Crippen LogP contribution < -0.4 is 10.1 Å². The predicted octanol–water partition coefficient (Wildman–Crippen LogP) is 2.52. The number of alkyl carbamates (subject to hydrolysis) is 1. The summed E-state index contributed by atoms with van der Waals surface area (Å²) >= 11 is 0. The van der Waals surface area contributed by atoms with Gasteiger partial charge >= 0.3 is 12.1 Å². The van der Waals surface area contributed by atoms with Gasteiger partial charge in [-0.1, -0.05) is 32.0 Å². The average molecular weight is 367 g/mol. The number of nitrogens with one attached hydrogen (secondary N) is 1. The summed E-state index contributed by atoms with van der Waals surface area (Å²) in [5.74, 6) is -0.220. The maximum atomic E-state index is 12.2. The number of hydrogen-bond donors (Lipinski definition) is 2. The van der Waals surface area contributed by atoms with Crippen LogP contribution in [0.2, 0.25) is 0 Å². The molecule has 0 fully saturated rings. The zero-order valence-corrected chi connectivity index (χ0v) is 16.0. The molecule has 0 heterocycles. The molecular formula is C19H29NO6. The zero-order chi connectivity index (χ0) is 19.7. The third-order valence-corrected chi connectivity index (χ3v) is 3.20. The number of aliphatic hydroxyl groups excluding tert-OH is 1. The maximum Gasteiger partial charge on any atom is 0.408 e. The number of carbonyl (C=O) groups is 2. The molecule has 2 atom stereocenters. The Morgan fingerprint density at radius 1 is 1.12 bits per heavy atom. The molecule has 0 aliphatic heterocycles. The largest absolute Gasteiger partial charge is 0.491 e. The highest BCUT2D eigenvalue weighted by molar-refractivity contribution is 5.81. The molecule has 1 aromatic rings. The molecule has 7 heteroatoms. The lowest BCUT2D eigenvalue weighted by molar-refractivity contribution is -0.150. The third kappa shape index (κ3) is 8.71. The van der Waals surface area contributed by atoms with Crippen molar-refractivity contribution in [3.05, 3.63) is 30.3 Å². The van der Waals surface area contributed by atoms with E-state index in [-0.39, 0.29) is 19.1 Å². The molecule has 7 nitrogen and oxygen atoms in total. The van der Waals surface area contributed by atoms with Gasteiger partial charge in [0.25, 0.3) is 0 Å². The van der Waals surface area contributed by atoms with Crippen LogP contribution >= 0.6 is 0 Å². The second-order valence-electron chi connectivity index (χ2n) is 7.28. The van der Waals surface area contributed by atoms with Crippen LogP contribution in [0.3, 0.4) is 0 Å². The molecule has 0 aromatic heterocycles. The van der Waals surface area contributed by atoms with E-state index in [1.165, 1.54) is 0 Å². The topological polar surface area (TPSA) is 94.1 Å². The Hall–Kier alpha value is -2.28. The van der Waals surface area contributed by atoms with Crippen molar-refractivity contribution >= 4 is 12.1 Å². The van der Waals surface area contributed by atoms with E-state index in [0.717, 1.165) is 0 Å². The first kappa shape index (κ1) is 21.8. The van der Waals surface area contributed by atoms with Gasteiger partial charge in [0, 0.05) is 0 Å². The number of rotatable bonds is 8. The molecule has 1 rings (SSSR count). The number of carbonyl (C=O) groups excluding carboxylic acids is 2. The third-order valence-electron chi connectivity index (χ3n) is 3.20. The molecule has 146 valence electrons. The molecule has 26 heavy (non-hydrogen) atoms. The van der Waals surface area contributed by atoms with Crippen LogP contribution in [0.5, 0.6) is 5.75 Å². The summed E-state index contributed by atoms with van der Waals surface area (Å²) in [6.07, 6.45) is -1.67. The minimum Gasteiger partial charge on any atom is -0.491 e. The van der Waals surface area contributed by atoms with Gasteiger partial charge in [-0.25, -0.2) is 9.59 Å². The van der Waals surface area contributed by atoms with Gasteiger partial charge in [0.15, 0.2) is 0 Å². The summed E-state index contributed by atoms with van der Waals surface area (Å²) in [7, 11) is 0. The van der Waals surface area contributed by atoms with Crippen LogP contribution in [0.25, 0.3) is 0 Å². The van der Waals surface area contributed by atoms with Crippen molar-refractivity contribution in [3.63, 3.8) is 0 Å². The van der Waals surface area contributed by atoms with Crippen LogP contribution in [-0.2, 0) is 14.3 Å². The summed E-state index contributed by atoms with van der Waals surface area (Å²) in [5.41, 5.74) is -0.666. The van der Waals surface area contributed by atoms with Crippen molar-refractivity contribution in [2.24, 2.45) is 5.92 Å². The van der Waals surface area contributed by atoms with Crippen molar-refractivity contribution in [1.82, 2.24) is 5.32 Å². The van der Waals surface area contributed by atoms with Crippen molar-refractivity contribution in [2.45, 2.75) is 52.4 Å². The van der Waals surface area contributed by atoms with Gasteiger partial charge in [0.1, 0.15) is 36.7 Å². The summed E-state index contributed by atoms with van der Waals surface area (Å²) in [4.78, 5) is 24.1. The fourth-order valence-electron chi connectivity index (χ4n) is 1.96. The zero-order valence-electron chi connectivity index (χ0n) is 16.0. The normalized spacial score (nSPS) is 13.7. The number of ether oxygens (including phenoxy) is 3. The Kier molecular flexibility index (Phi) is 8.38. The van der Waals surface area contributed by atoms with E-state index >= 15 is 0 Å². The highest BCUT2D eigenvalue weighted by Gasteiger charge is 2.28. The van der Waals surface area contributed by atoms with Gasteiger partial charge in [-0.3, -0.25) is 0 Å². The molecule has 0 bridgehead atoms. The Labute approximate surface area is 154 Å². The first-order chi connectivity index (χ1) is 12.1. The predicted molar refractivity (Wildman–Crippen MR) is 96.9 cm³/mol. The molecule has 0 aliphatic rings. The van der Waals surface area contributed by atoms with Gasteiger partial charge in [0.2, 0.25) is 0 Å². The maximum absolute atomic E-state index is 12.2. The van der Waals surface area contributed by atoms with E-state index in [2.05, 4.69) is 5.32 Å². The van der Waals surface area contributed by atoms with E-state index in [4.69, 9.17) is 14.2 Å². The van der Waals surface area contributed by atoms with E-state index in [0.29, 0.717) is 5.75 Å². The van der Waals surface area contributed by atoms with Gasteiger partial charge in [-0.05, 0) is 38.8 Å². The fourth-order valence-corrected chi connectivity index (χ4v) is 1.96. The second kappa shape index (κ2) is 10.0. The van der Waals surface area contributed by atoms with Gasteiger partial charge in [0.05, 0.1) is 0 Å². The monoisotopic (exact) mass is 367 g/mol. The van der Waals surface area contributed by atoms with Gasteiger partial charge < -0.3 is 24.6 Å². The van der Waals surface area contributed by atoms with E-state index in [1.807, 2.05) is 18.2 Å². The average Bonchev–Trinajstić information content (AvgIpc) is 2.54. The molecule has 0 radical (unpaired) electrons. The van der Waals surface area contributed by atoms with Crippen molar-refractivity contribution in [3.8, 4) is 5.75 Å². The van der Waals surface area contributed by atoms with Crippen LogP contribution in [0.1, 0.15) is 34.6 Å². The van der Waals surface area contributed by atoms with Gasteiger partial charge in [-0.2, -0.15) is 0 Å². The smallest absolute Gasteiger partial charge is 0.408 e. The van der Waals surface area contributed by atoms with E-state index in [1.54, 1.807) is 46.8 Å². The summed E-state index contributed by atoms with van der Waals surface area (Å²) in [6.45, 7) is 8.51. The molecule has 0 aliphatic carbocycles. The van der Waals surface area contributed by atoms with E-state index < -0.39 is 29.8 Å². The standard InChI is InChI=1S/C19H29NO6/c1-13(2)16(20-18(23)26-19(3,4)5)17(22)25-12-14(21)11-24-15-9-7-6-8-10-15/h6-10,13-14,16,21H,11-12H2,1-5H3,(H,20,23)/t14?,16-/m0/s1. The first-order valence-corrected chi connectivity index (χ1v) is 8.60. The molecule has 0 saturated heterocycles. The highest BCUT2D eigenvalue weighted by atomic mass is 16.6. The summed E-state index contributed by atoms with van der Waals surface area (Å²) < 4.78 is 15.7. The molecule has 1 aromatic carbocycles. The Morgan fingerprint density at radius 2 is 1.73 bits per heavy atom. The molecule has 1 unspecified atom stereocenters. The molecule has 0 spiro atoms. The Morgan fingerprint density at radius 3 is 2.27 bits per heavy atom. The fraction of sp³-hybridized carbons (Fsp3) is 0.579. The SMILES string of the molecule is CC(C)[C@H](NC(=O)OC(C)(C)C)C(=O)OCC(O)COc1ccccc1. The van der Waals surface area contributed by atoms with E-state index in [9.17, 15) is 14.7 Å². The minimum atomic E-state index is -0.978. The van der Waals surface area contributed by atoms with Gasteiger partial charge in [-0.15, -0.1) is 0 Å². The molecule has 1 amide bonds. The number of benzene rings is 1. The molecule has 2 N–H and O–H groups in total. The lowest BCUT2D eigenvalue weighted by Gasteiger charge is -2.25. The number of aliphatic hydroxyl groups is 1. The van der Waals surface area contributed by atoms with Crippen LogP contribution in [0, 0.1) is 5.92 Å².